The number of nitrogens with one attached hydrogen (secondary N) is 1. The van der Waals surface area contributed by atoms with Crippen LogP contribution >= 0.6 is 11.3 Å². The van der Waals surface area contributed by atoms with E-state index in [2.05, 4.69) is 40.9 Å². The van der Waals surface area contributed by atoms with Gasteiger partial charge in [0.15, 0.2) is 0 Å². The highest BCUT2D eigenvalue weighted by molar-refractivity contribution is 7.07. The quantitative estimate of drug-likeness (QED) is 0.844. The van der Waals surface area contributed by atoms with Gasteiger partial charge in [-0.15, -0.1) is 0 Å². The Balaban J connectivity index is 1.79. The van der Waals surface area contributed by atoms with Crippen LogP contribution in [-0.4, -0.2) is 36.6 Å². The van der Waals surface area contributed by atoms with Gasteiger partial charge in [0.1, 0.15) is 0 Å². The van der Waals surface area contributed by atoms with E-state index < -0.39 is 0 Å². The Bertz CT molecular complexity index is 274. The predicted molar refractivity (Wildman–Crippen MR) is 66.5 cm³/mol. The number of hydrogen-bond donors (Lipinski definition) is 1. The van der Waals surface area contributed by atoms with Gasteiger partial charge in [-0.3, -0.25) is 4.90 Å². The van der Waals surface area contributed by atoms with Crippen LogP contribution in [0.2, 0.25) is 0 Å². The second-order valence-electron chi connectivity index (χ2n) is 4.61. The van der Waals surface area contributed by atoms with Crippen molar-refractivity contribution in [2.45, 2.75) is 32.4 Å². The Hall–Kier alpha value is -0.380. The summed E-state index contributed by atoms with van der Waals surface area (Å²) in [6, 6.07) is 3.51. The summed E-state index contributed by atoms with van der Waals surface area (Å²) in [5, 5.41) is 7.99. The summed E-state index contributed by atoms with van der Waals surface area (Å²) in [4.78, 5) is 2.57. The molecule has 1 aromatic heterocycles. The van der Waals surface area contributed by atoms with Crippen LogP contribution < -0.4 is 5.32 Å². The fourth-order valence-electron chi connectivity index (χ4n) is 2.34. The van der Waals surface area contributed by atoms with Gasteiger partial charge in [-0.05, 0) is 42.7 Å². The SMILES string of the molecule is CC1CN(CCc2ccsc2)CC(C)N1. The second-order valence-corrected chi connectivity index (χ2v) is 5.39. The molecule has 0 amide bonds. The average Bonchev–Trinajstić information content (AvgIpc) is 2.65. The Labute approximate surface area is 96.3 Å². The van der Waals surface area contributed by atoms with Gasteiger partial charge in [0.05, 0.1) is 0 Å². The summed E-state index contributed by atoms with van der Waals surface area (Å²) in [5.41, 5.74) is 1.49. The van der Waals surface area contributed by atoms with E-state index in [1.165, 1.54) is 31.6 Å². The summed E-state index contributed by atoms with van der Waals surface area (Å²) >= 11 is 1.80. The van der Waals surface area contributed by atoms with E-state index in [1.54, 1.807) is 11.3 Å². The molecule has 0 aromatic carbocycles. The lowest BCUT2D eigenvalue weighted by Crippen LogP contribution is -2.54. The lowest BCUT2D eigenvalue weighted by molar-refractivity contribution is 0.175. The van der Waals surface area contributed by atoms with Crippen molar-refractivity contribution in [2.75, 3.05) is 19.6 Å². The highest BCUT2D eigenvalue weighted by Gasteiger charge is 2.20. The molecule has 2 rings (SSSR count). The molecule has 1 aliphatic rings. The van der Waals surface area contributed by atoms with Crippen molar-refractivity contribution < 1.29 is 0 Å². The highest BCUT2D eigenvalue weighted by atomic mass is 32.1. The Kier molecular flexibility index (Phi) is 3.78. The number of thiophene rings is 1. The van der Waals surface area contributed by atoms with Crippen LogP contribution in [0.25, 0.3) is 0 Å². The first kappa shape index (κ1) is 11.1. The summed E-state index contributed by atoms with van der Waals surface area (Å²) in [6.07, 6.45) is 1.20. The van der Waals surface area contributed by atoms with Crippen molar-refractivity contribution >= 4 is 11.3 Å². The number of piperazine rings is 1. The van der Waals surface area contributed by atoms with E-state index in [4.69, 9.17) is 0 Å². The van der Waals surface area contributed by atoms with Crippen molar-refractivity contribution in [2.24, 2.45) is 0 Å². The third kappa shape index (κ3) is 3.30. The molecule has 0 aliphatic carbocycles. The average molecular weight is 224 g/mol. The molecule has 0 bridgehead atoms. The van der Waals surface area contributed by atoms with Gasteiger partial charge in [-0.2, -0.15) is 11.3 Å². The molecular weight excluding hydrogens is 204 g/mol. The maximum absolute atomic E-state index is 3.56. The van der Waals surface area contributed by atoms with Gasteiger partial charge < -0.3 is 5.32 Å². The van der Waals surface area contributed by atoms with Gasteiger partial charge in [0.25, 0.3) is 0 Å². The summed E-state index contributed by atoms with van der Waals surface area (Å²) in [6.45, 7) is 8.12. The number of nitrogens with zero attached hydrogens (tertiary/aromatic N) is 1. The molecule has 1 fully saturated rings. The fourth-order valence-corrected chi connectivity index (χ4v) is 3.05. The largest absolute Gasteiger partial charge is 0.309 e. The van der Waals surface area contributed by atoms with Crippen molar-refractivity contribution in [3.63, 3.8) is 0 Å². The summed E-state index contributed by atoms with van der Waals surface area (Å²) in [7, 11) is 0. The zero-order valence-corrected chi connectivity index (χ0v) is 10.4. The normalized spacial score (nSPS) is 28.1. The van der Waals surface area contributed by atoms with E-state index in [1.807, 2.05) is 0 Å². The monoisotopic (exact) mass is 224 g/mol. The zero-order chi connectivity index (χ0) is 10.7. The first-order valence-corrected chi connectivity index (χ1v) is 6.68. The first-order chi connectivity index (χ1) is 7.24. The van der Waals surface area contributed by atoms with Gasteiger partial charge >= 0.3 is 0 Å². The Morgan fingerprint density at radius 2 is 2.13 bits per heavy atom. The molecule has 2 heterocycles. The molecular formula is C12H20N2S. The van der Waals surface area contributed by atoms with E-state index in [0.717, 1.165) is 0 Å². The van der Waals surface area contributed by atoms with Gasteiger partial charge in [0.2, 0.25) is 0 Å². The maximum Gasteiger partial charge on any atom is 0.0169 e. The lowest BCUT2D eigenvalue weighted by atomic mass is 10.1. The molecule has 0 radical (unpaired) electrons. The van der Waals surface area contributed by atoms with Gasteiger partial charge in [-0.25, -0.2) is 0 Å². The van der Waals surface area contributed by atoms with E-state index >= 15 is 0 Å². The maximum atomic E-state index is 3.56. The van der Waals surface area contributed by atoms with E-state index in [9.17, 15) is 0 Å². The van der Waals surface area contributed by atoms with Crippen LogP contribution in [-0.2, 0) is 6.42 Å². The van der Waals surface area contributed by atoms with Gasteiger partial charge in [-0.1, -0.05) is 0 Å². The molecule has 3 heteroatoms. The van der Waals surface area contributed by atoms with Crippen LogP contribution in [0.1, 0.15) is 19.4 Å². The number of rotatable bonds is 3. The molecule has 84 valence electrons. The molecule has 0 saturated carbocycles. The molecule has 0 spiro atoms. The molecule has 1 aliphatic heterocycles. The zero-order valence-electron chi connectivity index (χ0n) is 9.57. The topological polar surface area (TPSA) is 15.3 Å². The van der Waals surface area contributed by atoms with Crippen LogP contribution in [0.5, 0.6) is 0 Å². The minimum Gasteiger partial charge on any atom is -0.309 e. The van der Waals surface area contributed by atoms with Gasteiger partial charge in [0, 0.05) is 31.7 Å². The van der Waals surface area contributed by atoms with Crippen molar-refractivity contribution in [1.82, 2.24) is 10.2 Å². The lowest BCUT2D eigenvalue weighted by Gasteiger charge is -2.36. The molecule has 15 heavy (non-hydrogen) atoms. The molecule has 1 saturated heterocycles. The molecule has 1 N–H and O–H groups in total. The molecule has 2 unspecified atom stereocenters. The Morgan fingerprint density at radius 3 is 2.73 bits per heavy atom. The third-order valence-corrected chi connectivity index (χ3v) is 3.66. The molecule has 1 aromatic rings. The summed E-state index contributed by atoms with van der Waals surface area (Å²) < 4.78 is 0. The van der Waals surface area contributed by atoms with Crippen LogP contribution in [0.3, 0.4) is 0 Å². The molecule has 2 nitrogen and oxygen atoms in total. The van der Waals surface area contributed by atoms with E-state index in [0.29, 0.717) is 12.1 Å². The third-order valence-electron chi connectivity index (χ3n) is 2.93. The second kappa shape index (κ2) is 5.10. The van der Waals surface area contributed by atoms with Crippen molar-refractivity contribution in [3.8, 4) is 0 Å². The number of hydrogen-bond acceptors (Lipinski definition) is 3. The molecule has 2 atom stereocenters. The highest BCUT2D eigenvalue weighted by Crippen LogP contribution is 2.09. The first-order valence-electron chi connectivity index (χ1n) is 5.73. The Morgan fingerprint density at radius 1 is 1.40 bits per heavy atom. The predicted octanol–water partition coefficient (Wildman–Crippen LogP) is 1.97. The van der Waals surface area contributed by atoms with Crippen molar-refractivity contribution in [3.05, 3.63) is 22.4 Å². The van der Waals surface area contributed by atoms with Crippen molar-refractivity contribution in [1.29, 1.82) is 0 Å². The minimum atomic E-state index is 0.635. The van der Waals surface area contributed by atoms with Crippen LogP contribution in [0.15, 0.2) is 16.8 Å². The minimum absolute atomic E-state index is 0.635. The standard InChI is InChI=1S/C12H20N2S/c1-10-7-14(8-11(2)13-10)5-3-12-4-6-15-9-12/h4,6,9-11,13H,3,5,7-8H2,1-2H3. The smallest absolute Gasteiger partial charge is 0.0169 e. The summed E-state index contributed by atoms with van der Waals surface area (Å²) in [5.74, 6) is 0. The van der Waals surface area contributed by atoms with Crippen LogP contribution in [0.4, 0.5) is 0 Å². The fraction of sp³-hybridized carbons (Fsp3) is 0.667. The van der Waals surface area contributed by atoms with E-state index in [-0.39, 0.29) is 0 Å². The van der Waals surface area contributed by atoms with Crippen LogP contribution in [0, 0.1) is 0 Å².